The van der Waals surface area contributed by atoms with Crippen molar-refractivity contribution in [2.24, 2.45) is 0 Å². The van der Waals surface area contributed by atoms with E-state index in [2.05, 4.69) is 6.07 Å². The predicted octanol–water partition coefficient (Wildman–Crippen LogP) is 4.90. The normalized spacial score (nSPS) is 15.7. The zero-order valence-electron chi connectivity index (χ0n) is 18.7. The molecule has 168 valence electrons. The quantitative estimate of drug-likeness (QED) is 0.427. The van der Waals surface area contributed by atoms with Crippen LogP contribution in [0.25, 0.3) is 10.9 Å². The summed E-state index contributed by atoms with van der Waals surface area (Å²) in [7, 11) is -3.60. The molecule has 0 N–H and O–H groups in total. The topological polar surface area (TPSA) is 59.4 Å². The van der Waals surface area contributed by atoms with Gasteiger partial charge in [0.2, 0.25) is 5.91 Å². The number of benzene rings is 3. The summed E-state index contributed by atoms with van der Waals surface area (Å²) in [4.78, 5) is 15.5. The number of hydrogen-bond acceptors (Lipinski definition) is 3. The molecule has 6 heteroatoms. The molecule has 1 aliphatic rings. The fraction of sp³-hybridized carbons (Fsp3) is 0.222. The highest BCUT2D eigenvalue weighted by Crippen LogP contribution is 2.33. The predicted molar refractivity (Wildman–Crippen MR) is 131 cm³/mol. The van der Waals surface area contributed by atoms with Crippen LogP contribution in [0.5, 0.6) is 0 Å². The minimum absolute atomic E-state index is 0.0453. The molecule has 0 bridgehead atoms. The maximum absolute atomic E-state index is 13.4. The molecule has 1 amide bonds. The van der Waals surface area contributed by atoms with Gasteiger partial charge < -0.3 is 9.47 Å². The number of rotatable bonds is 5. The van der Waals surface area contributed by atoms with Crippen molar-refractivity contribution in [1.29, 1.82) is 0 Å². The first kappa shape index (κ1) is 21.5. The van der Waals surface area contributed by atoms with Gasteiger partial charge in [-0.25, -0.2) is 8.42 Å². The van der Waals surface area contributed by atoms with Gasteiger partial charge in [-0.2, -0.15) is 0 Å². The van der Waals surface area contributed by atoms with Gasteiger partial charge in [0.15, 0.2) is 9.84 Å². The minimum Gasteiger partial charge on any atom is -0.337 e. The second kappa shape index (κ2) is 8.19. The average molecular weight is 459 g/mol. The van der Waals surface area contributed by atoms with Gasteiger partial charge in [-0.3, -0.25) is 4.79 Å². The van der Waals surface area contributed by atoms with E-state index in [9.17, 15) is 13.2 Å². The summed E-state index contributed by atoms with van der Waals surface area (Å²) in [6.45, 7) is 4.05. The van der Waals surface area contributed by atoms with Crippen LogP contribution in [0.2, 0.25) is 0 Å². The number of nitrogens with zero attached hydrogens (tertiary/aromatic N) is 2. The maximum atomic E-state index is 13.4. The van der Waals surface area contributed by atoms with Gasteiger partial charge in [-0.15, -0.1) is 0 Å². The first-order chi connectivity index (χ1) is 15.8. The summed E-state index contributed by atoms with van der Waals surface area (Å²) in [5, 5.41) is 0.647. The van der Waals surface area contributed by atoms with Crippen LogP contribution in [-0.2, 0) is 33.4 Å². The number of aryl methyl sites for hydroxylation is 1. The van der Waals surface area contributed by atoms with E-state index >= 15 is 0 Å². The van der Waals surface area contributed by atoms with E-state index in [1.807, 2.05) is 85.5 Å². The summed E-state index contributed by atoms with van der Waals surface area (Å²) in [6, 6.07) is 23.0. The minimum atomic E-state index is -3.60. The van der Waals surface area contributed by atoms with E-state index in [1.54, 1.807) is 10.8 Å². The number of amides is 1. The molecule has 1 atom stereocenters. The highest BCUT2D eigenvalue weighted by Gasteiger charge is 2.31. The molecule has 0 radical (unpaired) electrons. The molecule has 4 aromatic rings. The molecular formula is C27H26N2O3S. The molecule has 0 spiro atoms. The van der Waals surface area contributed by atoms with Gasteiger partial charge in [0.25, 0.3) is 0 Å². The molecule has 33 heavy (non-hydrogen) atoms. The summed E-state index contributed by atoms with van der Waals surface area (Å²) >= 11 is 0. The summed E-state index contributed by atoms with van der Waals surface area (Å²) < 4.78 is 28.6. The second-order valence-electron chi connectivity index (χ2n) is 8.77. The van der Waals surface area contributed by atoms with Crippen molar-refractivity contribution in [1.82, 2.24) is 4.57 Å². The van der Waals surface area contributed by atoms with Crippen LogP contribution in [-0.4, -0.2) is 24.9 Å². The van der Waals surface area contributed by atoms with Gasteiger partial charge in [-0.1, -0.05) is 60.7 Å². The van der Waals surface area contributed by atoms with E-state index in [1.165, 1.54) is 0 Å². The fourth-order valence-corrected chi connectivity index (χ4v) is 6.50. The lowest BCUT2D eigenvalue weighted by Gasteiger charge is -2.23. The van der Waals surface area contributed by atoms with Gasteiger partial charge in [0.1, 0.15) is 6.54 Å². The lowest BCUT2D eigenvalue weighted by molar-refractivity contribution is -0.119. The Bertz CT molecular complexity index is 1470. The Balaban J connectivity index is 1.51. The number of carbonyl (C=O) groups excluding carboxylic acids is 1. The zero-order valence-corrected chi connectivity index (χ0v) is 19.5. The Kier molecular flexibility index (Phi) is 5.33. The number of hydrogen-bond donors (Lipinski definition) is 0. The highest BCUT2D eigenvalue weighted by molar-refractivity contribution is 7.90. The number of carbonyl (C=O) groups is 1. The molecule has 0 fully saturated rings. The van der Waals surface area contributed by atoms with Crippen LogP contribution in [0.3, 0.4) is 0 Å². The first-order valence-corrected chi connectivity index (χ1v) is 12.8. The Morgan fingerprint density at radius 3 is 2.48 bits per heavy atom. The molecule has 1 unspecified atom stereocenters. The monoisotopic (exact) mass is 458 g/mol. The van der Waals surface area contributed by atoms with Crippen LogP contribution in [0, 0.1) is 6.92 Å². The lowest BCUT2D eigenvalue weighted by atomic mass is 10.1. The van der Waals surface area contributed by atoms with Gasteiger partial charge in [-0.05, 0) is 49.1 Å². The van der Waals surface area contributed by atoms with Crippen molar-refractivity contribution >= 4 is 32.3 Å². The largest absolute Gasteiger partial charge is 0.337 e. The number of para-hydroxylation sites is 2. The van der Waals surface area contributed by atoms with Gasteiger partial charge in [0, 0.05) is 28.8 Å². The molecule has 5 nitrogen and oxygen atoms in total. The first-order valence-electron chi connectivity index (χ1n) is 11.1. The molecule has 3 aromatic carbocycles. The summed E-state index contributed by atoms with van der Waals surface area (Å²) in [6.07, 6.45) is 2.45. The Labute approximate surface area is 194 Å². The summed E-state index contributed by atoms with van der Waals surface area (Å²) in [5.74, 6) is -0.117. The molecule has 0 saturated carbocycles. The van der Waals surface area contributed by atoms with Gasteiger partial charge in [0.05, 0.1) is 10.6 Å². The Hall–Kier alpha value is -3.38. The average Bonchev–Trinajstić information content (AvgIpc) is 3.33. The van der Waals surface area contributed by atoms with Crippen molar-refractivity contribution in [3.05, 3.63) is 95.7 Å². The van der Waals surface area contributed by atoms with E-state index < -0.39 is 9.84 Å². The third kappa shape index (κ3) is 3.85. The van der Waals surface area contributed by atoms with E-state index in [0.717, 1.165) is 34.3 Å². The molecule has 1 aliphatic heterocycles. The molecule has 0 saturated heterocycles. The van der Waals surface area contributed by atoms with Crippen molar-refractivity contribution in [3.8, 4) is 0 Å². The molecule has 2 heterocycles. The Morgan fingerprint density at radius 1 is 0.970 bits per heavy atom. The smallest absolute Gasteiger partial charge is 0.247 e. The third-order valence-corrected chi connectivity index (χ3v) is 8.16. The van der Waals surface area contributed by atoms with Crippen molar-refractivity contribution in [2.75, 3.05) is 4.90 Å². The fourth-order valence-electron chi connectivity index (χ4n) is 4.81. The molecule has 5 rings (SSSR count). The van der Waals surface area contributed by atoms with Crippen molar-refractivity contribution < 1.29 is 13.2 Å². The number of sulfone groups is 1. The molecule has 0 aliphatic carbocycles. The standard InChI is InChI=1S/C27H26N2O3S/c1-19-9-3-4-11-22(19)18-33(31,32)26-16-28(25-14-8-6-12-23(25)26)17-27(30)29-20(2)15-21-10-5-7-13-24(21)29/h3-14,16,20H,15,17-18H2,1-2H3. The van der Waals surface area contributed by atoms with E-state index in [0.29, 0.717) is 5.39 Å². The molecule has 1 aromatic heterocycles. The van der Waals surface area contributed by atoms with Crippen molar-refractivity contribution in [3.63, 3.8) is 0 Å². The Morgan fingerprint density at radius 2 is 1.67 bits per heavy atom. The summed E-state index contributed by atoms with van der Waals surface area (Å²) in [5.41, 5.74) is 4.58. The van der Waals surface area contributed by atoms with Crippen molar-refractivity contribution in [2.45, 2.75) is 43.5 Å². The highest BCUT2D eigenvalue weighted by atomic mass is 32.2. The lowest BCUT2D eigenvalue weighted by Crippen LogP contribution is -2.37. The van der Waals surface area contributed by atoms with Crippen LogP contribution in [0.15, 0.2) is 83.9 Å². The maximum Gasteiger partial charge on any atom is 0.247 e. The molecular weight excluding hydrogens is 432 g/mol. The van der Waals surface area contributed by atoms with Crippen LogP contribution >= 0.6 is 0 Å². The number of anilines is 1. The van der Waals surface area contributed by atoms with Crippen LogP contribution < -0.4 is 4.90 Å². The third-order valence-electron chi connectivity index (χ3n) is 6.48. The van der Waals surface area contributed by atoms with Crippen LogP contribution in [0.1, 0.15) is 23.6 Å². The number of fused-ring (bicyclic) bond motifs is 2. The van der Waals surface area contributed by atoms with Gasteiger partial charge >= 0.3 is 0 Å². The number of aromatic nitrogens is 1. The zero-order chi connectivity index (χ0) is 23.2. The van der Waals surface area contributed by atoms with E-state index in [-0.39, 0.29) is 29.1 Å². The van der Waals surface area contributed by atoms with E-state index in [4.69, 9.17) is 0 Å². The second-order valence-corrected chi connectivity index (χ2v) is 10.7. The SMILES string of the molecule is Cc1ccccc1CS(=O)(=O)c1cn(CC(=O)N2c3ccccc3CC2C)c2ccccc12. The van der Waals surface area contributed by atoms with Crippen LogP contribution in [0.4, 0.5) is 5.69 Å².